The molecule has 5 nitrogen and oxygen atoms in total. The van der Waals surface area contributed by atoms with Crippen LogP contribution in [-0.2, 0) is 6.54 Å². The van der Waals surface area contributed by atoms with Gasteiger partial charge in [-0.3, -0.25) is 9.78 Å². The number of carbonyl (C=O) groups is 1. The fraction of sp³-hybridized carbons (Fsp3) is 0.231. The van der Waals surface area contributed by atoms with Gasteiger partial charge in [-0.05, 0) is 29.9 Å². The van der Waals surface area contributed by atoms with E-state index in [4.69, 9.17) is 5.73 Å². The fourth-order valence-corrected chi connectivity index (χ4v) is 5.37. The summed E-state index contributed by atoms with van der Waals surface area (Å²) in [5.74, 6) is 0.544. The van der Waals surface area contributed by atoms with E-state index in [2.05, 4.69) is 46.7 Å². The number of nitrogens with one attached hydrogen (secondary N) is 1. The number of anilines is 2. The van der Waals surface area contributed by atoms with E-state index < -0.39 is 0 Å². The quantitative estimate of drug-likeness (QED) is 0.427. The first-order valence-corrected chi connectivity index (χ1v) is 11.9. The first kappa shape index (κ1) is 20.5. The lowest BCUT2D eigenvalue weighted by Crippen LogP contribution is -2.38. The average Bonchev–Trinajstić information content (AvgIpc) is 3.24. The molecular weight excluding hydrogens is 416 g/mol. The first-order valence-electron chi connectivity index (χ1n) is 11.0. The minimum Gasteiger partial charge on any atom is -0.396 e. The van der Waals surface area contributed by atoms with Crippen molar-refractivity contribution in [2.24, 2.45) is 0 Å². The minimum absolute atomic E-state index is 0.0356. The van der Waals surface area contributed by atoms with Gasteiger partial charge >= 0.3 is 0 Å². The highest BCUT2D eigenvalue weighted by Gasteiger charge is 2.27. The molecule has 3 N–H and O–H groups in total. The second kappa shape index (κ2) is 9.01. The number of piperidine rings is 1. The van der Waals surface area contributed by atoms with Gasteiger partial charge in [-0.1, -0.05) is 60.7 Å². The van der Waals surface area contributed by atoms with Gasteiger partial charge in [0.1, 0.15) is 5.52 Å². The molecule has 0 radical (unpaired) electrons. The van der Waals surface area contributed by atoms with Crippen molar-refractivity contribution in [1.29, 1.82) is 0 Å². The molecule has 1 saturated heterocycles. The van der Waals surface area contributed by atoms with Crippen molar-refractivity contribution in [1.82, 2.24) is 9.88 Å². The molecule has 162 valence electrons. The number of amides is 1. The normalized spacial score (nSPS) is 14.6. The molecule has 0 spiro atoms. The van der Waals surface area contributed by atoms with Gasteiger partial charge < -0.3 is 16.0 Å². The lowest BCUT2D eigenvalue weighted by molar-refractivity contribution is 0.0713. The molecule has 2 aromatic heterocycles. The SMILES string of the molecule is Nc1csc2c(NCc3ccccc3)c(C(=O)N3CCC(c4ccccc4)CC3)cnc12. The summed E-state index contributed by atoms with van der Waals surface area (Å²) < 4.78 is 0.934. The van der Waals surface area contributed by atoms with Gasteiger partial charge in [0.15, 0.2) is 0 Å². The molecule has 1 amide bonds. The third-order valence-electron chi connectivity index (χ3n) is 6.21. The van der Waals surface area contributed by atoms with E-state index in [1.54, 1.807) is 6.20 Å². The number of pyridine rings is 1. The summed E-state index contributed by atoms with van der Waals surface area (Å²) in [5.41, 5.74) is 11.5. The van der Waals surface area contributed by atoms with E-state index in [1.807, 2.05) is 34.5 Å². The minimum atomic E-state index is 0.0356. The van der Waals surface area contributed by atoms with Crippen molar-refractivity contribution in [2.75, 3.05) is 24.1 Å². The summed E-state index contributed by atoms with van der Waals surface area (Å²) in [6, 6.07) is 20.8. The third-order valence-corrected chi connectivity index (χ3v) is 7.21. The first-order chi connectivity index (χ1) is 15.7. The molecule has 0 unspecified atom stereocenters. The number of carbonyl (C=O) groups excluding carboxylic acids is 1. The van der Waals surface area contributed by atoms with Gasteiger partial charge in [-0.2, -0.15) is 0 Å². The number of hydrogen-bond acceptors (Lipinski definition) is 5. The van der Waals surface area contributed by atoms with Crippen molar-refractivity contribution in [2.45, 2.75) is 25.3 Å². The summed E-state index contributed by atoms with van der Waals surface area (Å²) in [7, 11) is 0. The fourth-order valence-electron chi connectivity index (χ4n) is 4.43. The lowest BCUT2D eigenvalue weighted by atomic mass is 9.89. The van der Waals surface area contributed by atoms with Crippen LogP contribution in [0.15, 0.2) is 72.2 Å². The van der Waals surface area contributed by atoms with Crippen LogP contribution >= 0.6 is 11.3 Å². The van der Waals surface area contributed by atoms with Crippen LogP contribution in [0.5, 0.6) is 0 Å². The molecule has 4 aromatic rings. The zero-order valence-electron chi connectivity index (χ0n) is 17.8. The van der Waals surface area contributed by atoms with Crippen molar-refractivity contribution >= 4 is 38.8 Å². The number of hydrogen-bond donors (Lipinski definition) is 2. The summed E-state index contributed by atoms with van der Waals surface area (Å²) in [4.78, 5) is 20.0. The molecule has 2 aromatic carbocycles. The molecule has 1 aliphatic heterocycles. The Morgan fingerprint density at radius 1 is 1.06 bits per heavy atom. The van der Waals surface area contributed by atoms with E-state index in [9.17, 15) is 4.79 Å². The summed E-state index contributed by atoms with van der Waals surface area (Å²) in [6.45, 7) is 2.14. The summed E-state index contributed by atoms with van der Waals surface area (Å²) in [5, 5.41) is 5.40. The highest BCUT2D eigenvalue weighted by Crippen LogP contribution is 2.36. The monoisotopic (exact) mass is 442 g/mol. The van der Waals surface area contributed by atoms with E-state index in [0.29, 0.717) is 23.7 Å². The third kappa shape index (κ3) is 4.06. The summed E-state index contributed by atoms with van der Waals surface area (Å²) in [6.07, 6.45) is 3.64. The predicted octanol–water partition coefficient (Wildman–Crippen LogP) is 5.51. The lowest BCUT2D eigenvalue weighted by Gasteiger charge is -2.32. The van der Waals surface area contributed by atoms with Gasteiger partial charge in [0, 0.05) is 31.2 Å². The number of rotatable bonds is 5. The molecule has 32 heavy (non-hydrogen) atoms. The molecular formula is C26H26N4OS. The van der Waals surface area contributed by atoms with Gasteiger partial charge in [0.25, 0.3) is 5.91 Å². The zero-order valence-corrected chi connectivity index (χ0v) is 18.6. The standard InChI is InChI=1S/C26H26N4OS/c27-22-17-32-25-23(28-15-18-7-3-1-4-8-18)21(16-29-24(22)25)26(31)30-13-11-20(12-14-30)19-9-5-2-6-10-19/h1-10,16-17,20H,11-15,27H2,(H,28,29). The topological polar surface area (TPSA) is 71.2 Å². The largest absolute Gasteiger partial charge is 0.396 e. The summed E-state index contributed by atoms with van der Waals surface area (Å²) >= 11 is 1.53. The molecule has 5 rings (SSSR count). The Kier molecular flexibility index (Phi) is 5.77. The maximum Gasteiger partial charge on any atom is 0.257 e. The number of thiophene rings is 1. The van der Waals surface area contributed by atoms with Crippen molar-refractivity contribution in [3.05, 3.63) is 88.9 Å². The van der Waals surface area contributed by atoms with Gasteiger partial charge in [0.05, 0.1) is 21.6 Å². The maximum atomic E-state index is 13.5. The van der Waals surface area contributed by atoms with Crippen LogP contribution in [0.25, 0.3) is 10.2 Å². The average molecular weight is 443 g/mol. The molecule has 0 saturated carbocycles. The van der Waals surface area contributed by atoms with Crippen molar-refractivity contribution in [3.8, 4) is 0 Å². The van der Waals surface area contributed by atoms with Crippen LogP contribution < -0.4 is 11.1 Å². The van der Waals surface area contributed by atoms with Gasteiger partial charge in [-0.25, -0.2) is 0 Å². The van der Waals surface area contributed by atoms with Gasteiger partial charge in [-0.15, -0.1) is 11.3 Å². The Bertz CT molecular complexity index is 1210. The number of likely N-dealkylation sites (tertiary alicyclic amines) is 1. The van der Waals surface area contributed by atoms with Crippen LogP contribution in [0, 0.1) is 0 Å². The Labute approximate surface area is 191 Å². The van der Waals surface area contributed by atoms with Crippen LogP contribution in [-0.4, -0.2) is 28.9 Å². The number of nitrogen functional groups attached to an aromatic ring is 1. The number of nitrogens with two attached hydrogens (primary N) is 1. The zero-order chi connectivity index (χ0) is 21.9. The molecule has 3 heterocycles. The number of benzene rings is 2. The van der Waals surface area contributed by atoms with Crippen LogP contribution in [0.2, 0.25) is 0 Å². The Balaban J connectivity index is 1.39. The number of aromatic nitrogens is 1. The molecule has 0 atom stereocenters. The van der Waals surface area contributed by atoms with Crippen LogP contribution in [0.3, 0.4) is 0 Å². The van der Waals surface area contributed by atoms with E-state index in [1.165, 1.54) is 16.9 Å². The van der Waals surface area contributed by atoms with Crippen molar-refractivity contribution < 1.29 is 4.79 Å². The predicted molar refractivity (Wildman–Crippen MR) is 132 cm³/mol. The highest BCUT2D eigenvalue weighted by molar-refractivity contribution is 7.18. The van der Waals surface area contributed by atoms with Gasteiger partial charge in [0.2, 0.25) is 0 Å². The Morgan fingerprint density at radius 3 is 2.47 bits per heavy atom. The van der Waals surface area contributed by atoms with E-state index in [-0.39, 0.29) is 5.91 Å². The Hall–Kier alpha value is -3.38. The molecule has 1 fully saturated rings. The smallest absolute Gasteiger partial charge is 0.257 e. The van der Waals surface area contributed by atoms with Crippen LogP contribution in [0.1, 0.15) is 40.2 Å². The number of nitrogens with zero attached hydrogens (tertiary/aromatic N) is 2. The Morgan fingerprint density at radius 2 is 1.75 bits per heavy atom. The molecule has 1 aliphatic rings. The van der Waals surface area contributed by atoms with Crippen molar-refractivity contribution in [3.63, 3.8) is 0 Å². The second-order valence-electron chi connectivity index (χ2n) is 8.23. The highest BCUT2D eigenvalue weighted by atomic mass is 32.1. The number of fused-ring (bicyclic) bond motifs is 1. The maximum absolute atomic E-state index is 13.5. The molecule has 0 bridgehead atoms. The molecule has 6 heteroatoms. The van der Waals surface area contributed by atoms with E-state index in [0.717, 1.165) is 47.4 Å². The molecule has 0 aliphatic carbocycles. The van der Waals surface area contributed by atoms with Crippen LogP contribution in [0.4, 0.5) is 11.4 Å². The second-order valence-corrected chi connectivity index (χ2v) is 9.11. The van der Waals surface area contributed by atoms with E-state index >= 15 is 0 Å².